The Morgan fingerprint density at radius 2 is 1.67 bits per heavy atom. The number of alkyl carbamates (subject to hydrolysis) is 1. The molecule has 2 heterocycles. The fourth-order valence-corrected chi connectivity index (χ4v) is 4.26. The fraction of sp³-hybridized carbons (Fsp3) is 0.267. The van der Waals surface area contributed by atoms with Crippen LogP contribution in [0, 0.1) is 5.82 Å². The van der Waals surface area contributed by atoms with Gasteiger partial charge in [0, 0.05) is 17.3 Å². The molecule has 43 heavy (non-hydrogen) atoms. The zero-order valence-electron chi connectivity index (χ0n) is 23.7. The quantitative estimate of drug-likeness (QED) is 0.166. The first-order valence-corrected chi connectivity index (χ1v) is 13.2. The van der Waals surface area contributed by atoms with E-state index in [0.29, 0.717) is 5.69 Å². The van der Waals surface area contributed by atoms with Crippen molar-refractivity contribution in [2.24, 2.45) is 5.73 Å². The number of nitrogens with zero attached hydrogens (tertiary/aromatic N) is 2. The monoisotopic (exact) mass is 598 g/mol. The summed E-state index contributed by atoms with van der Waals surface area (Å²) in [5, 5.41) is 9.27. The highest BCUT2D eigenvalue weighted by molar-refractivity contribution is 5.99. The molecule has 9 nitrogen and oxygen atoms in total. The van der Waals surface area contributed by atoms with E-state index < -0.39 is 47.2 Å². The number of anilines is 3. The molecule has 0 bridgehead atoms. The minimum Gasteiger partial charge on any atom is -0.444 e. The number of hydrogen-bond acceptors (Lipinski definition) is 7. The molecule has 0 spiro atoms. The van der Waals surface area contributed by atoms with Gasteiger partial charge in [0.1, 0.15) is 11.4 Å². The number of carbonyl (C=O) groups is 2. The predicted octanol–water partition coefficient (Wildman–Crippen LogP) is 6.70. The Bertz CT molecular complexity index is 1640. The van der Waals surface area contributed by atoms with E-state index in [0.717, 1.165) is 29.1 Å². The number of alkyl halides is 3. The molecular formula is C30H30F4N6O3. The highest BCUT2D eigenvalue weighted by atomic mass is 19.4. The Morgan fingerprint density at radius 1 is 0.977 bits per heavy atom. The summed E-state index contributed by atoms with van der Waals surface area (Å²) in [4.78, 5) is 33.2. The van der Waals surface area contributed by atoms with Crippen LogP contribution in [0.4, 0.5) is 39.7 Å². The number of primary amides is 1. The van der Waals surface area contributed by atoms with Gasteiger partial charge in [0.05, 0.1) is 28.7 Å². The predicted molar refractivity (Wildman–Crippen MR) is 154 cm³/mol. The second-order valence-electron chi connectivity index (χ2n) is 10.8. The number of carbonyl (C=O) groups excluding carboxylic acids is 2. The molecule has 0 aliphatic carbocycles. The van der Waals surface area contributed by atoms with Crippen molar-refractivity contribution >= 4 is 40.2 Å². The number of hydrogen-bond donors (Lipinski definition) is 4. The Morgan fingerprint density at radius 3 is 2.30 bits per heavy atom. The highest BCUT2D eigenvalue weighted by Gasteiger charge is 2.31. The lowest BCUT2D eigenvalue weighted by molar-refractivity contribution is -0.137. The molecule has 13 heteroatoms. The Balaban J connectivity index is 1.71. The number of nitrogens with one attached hydrogen (secondary N) is 3. The highest BCUT2D eigenvalue weighted by Crippen LogP contribution is 2.32. The zero-order valence-corrected chi connectivity index (χ0v) is 23.7. The normalized spacial score (nSPS) is 13.2. The molecule has 226 valence electrons. The van der Waals surface area contributed by atoms with E-state index in [4.69, 9.17) is 10.5 Å². The molecule has 2 atom stereocenters. The van der Waals surface area contributed by atoms with E-state index in [1.807, 2.05) is 6.07 Å². The van der Waals surface area contributed by atoms with Crippen LogP contribution in [0.2, 0.25) is 0 Å². The summed E-state index contributed by atoms with van der Waals surface area (Å²) in [6.45, 7) is 6.58. The molecule has 0 saturated carbocycles. The maximum atomic E-state index is 15.4. The topological polar surface area (TPSA) is 131 Å². The van der Waals surface area contributed by atoms with E-state index >= 15 is 4.39 Å². The second-order valence-corrected chi connectivity index (χ2v) is 10.8. The summed E-state index contributed by atoms with van der Waals surface area (Å²) < 4.78 is 60.3. The summed E-state index contributed by atoms with van der Waals surface area (Å²) in [5.41, 5.74) is 5.08. The van der Waals surface area contributed by atoms with Crippen LogP contribution in [0.3, 0.4) is 0 Å². The van der Waals surface area contributed by atoms with Crippen molar-refractivity contribution in [3.8, 4) is 0 Å². The SMILES string of the molecule is C[C@H](NC(=O)OC(C)(C)C)[C@H](Nc1nc(Nc2ccc3ncccc3c2)c(C(N)=O)cc1F)c1ccc(C(F)(F)F)cc1. The lowest BCUT2D eigenvalue weighted by Crippen LogP contribution is -2.42. The lowest BCUT2D eigenvalue weighted by atomic mass is 9.98. The van der Waals surface area contributed by atoms with Gasteiger partial charge < -0.3 is 26.4 Å². The van der Waals surface area contributed by atoms with E-state index in [-0.39, 0.29) is 22.8 Å². The first-order valence-electron chi connectivity index (χ1n) is 13.2. The number of aromatic nitrogens is 2. The van der Waals surface area contributed by atoms with Gasteiger partial charge in [-0.3, -0.25) is 9.78 Å². The van der Waals surface area contributed by atoms with Gasteiger partial charge in [0.15, 0.2) is 11.6 Å². The molecule has 5 N–H and O–H groups in total. The number of pyridine rings is 2. The maximum Gasteiger partial charge on any atom is 0.416 e. The molecular weight excluding hydrogens is 568 g/mol. The first-order chi connectivity index (χ1) is 20.1. The van der Waals surface area contributed by atoms with Gasteiger partial charge in [0.2, 0.25) is 0 Å². The Labute approximate surface area is 244 Å². The van der Waals surface area contributed by atoms with E-state index in [9.17, 15) is 22.8 Å². The van der Waals surface area contributed by atoms with Crippen molar-refractivity contribution in [2.75, 3.05) is 10.6 Å². The molecule has 0 saturated heterocycles. The Kier molecular flexibility index (Phi) is 8.74. The van der Waals surface area contributed by atoms with Crippen LogP contribution < -0.4 is 21.7 Å². The number of fused-ring (bicyclic) bond motifs is 1. The van der Waals surface area contributed by atoms with Gasteiger partial charge in [-0.1, -0.05) is 18.2 Å². The van der Waals surface area contributed by atoms with Crippen LogP contribution in [-0.2, 0) is 10.9 Å². The van der Waals surface area contributed by atoms with Crippen LogP contribution >= 0.6 is 0 Å². The summed E-state index contributed by atoms with van der Waals surface area (Å²) in [5.74, 6) is -2.32. The van der Waals surface area contributed by atoms with Crippen molar-refractivity contribution in [2.45, 2.75) is 51.6 Å². The molecule has 0 aliphatic heterocycles. The van der Waals surface area contributed by atoms with Gasteiger partial charge in [-0.05, 0) is 75.7 Å². The molecule has 2 aromatic carbocycles. The van der Waals surface area contributed by atoms with Crippen LogP contribution in [0.15, 0.2) is 66.9 Å². The average molecular weight is 599 g/mol. The number of amides is 2. The summed E-state index contributed by atoms with van der Waals surface area (Å²) in [7, 11) is 0. The van der Waals surface area contributed by atoms with Crippen molar-refractivity contribution in [1.29, 1.82) is 0 Å². The number of halogens is 4. The smallest absolute Gasteiger partial charge is 0.416 e. The molecule has 2 amide bonds. The van der Waals surface area contributed by atoms with E-state index in [1.54, 1.807) is 58.2 Å². The van der Waals surface area contributed by atoms with Crippen molar-refractivity contribution < 1.29 is 31.9 Å². The van der Waals surface area contributed by atoms with Crippen LogP contribution in [0.25, 0.3) is 10.9 Å². The molecule has 0 radical (unpaired) electrons. The van der Waals surface area contributed by atoms with Gasteiger partial charge in [-0.15, -0.1) is 0 Å². The first kappa shape index (κ1) is 31.0. The number of benzene rings is 2. The zero-order chi connectivity index (χ0) is 31.5. The van der Waals surface area contributed by atoms with Gasteiger partial charge in [-0.25, -0.2) is 14.2 Å². The molecule has 2 aromatic heterocycles. The minimum absolute atomic E-state index is 0.0708. The molecule has 0 fully saturated rings. The lowest BCUT2D eigenvalue weighted by Gasteiger charge is -2.29. The van der Waals surface area contributed by atoms with Gasteiger partial charge in [0.25, 0.3) is 5.91 Å². The van der Waals surface area contributed by atoms with Crippen LogP contribution in [0.1, 0.15) is 55.2 Å². The number of nitrogens with two attached hydrogens (primary N) is 1. The number of ether oxygens (including phenoxy) is 1. The van der Waals surface area contributed by atoms with Crippen molar-refractivity contribution in [1.82, 2.24) is 15.3 Å². The van der Waals surface area contributed by atoms with E-state index in [2.05, 4.69) is 25.9 Å². The molecule has 4 rings (SSSR count). The summed E-state index contributed by atoms with van der Waals surface area (Å²) in [6, 6.07) is 12.0. The van der Waals surface area contributed by atoms with Gasteiger partial charge >= 0.3 is 12.3 Å². The third kappa shape index (κ3) is 7.87. The summed E-state index contributed by atoms with van der Waals surface area (Å²) in [6.07, 6.45) is -3.71. The molecule has 0 unspecified atom stereocenters. The van der Waals surface area contributed by atoms with Crippen molar-refractivity contribution in [3.63, 3.8) is 0 Å². The third-order valence-electron chi connectivity index (χ3n) is 6.24. The standard InChI is InChI=1S/C30H30F4N6O3/c1-16(37-28(42)43-29(2,3)4)24(17-7-9-19(10-8-17)30(32,33)34)39-27-22(31)15-21(25(35)41)26(40-27)38-20-11-12-23-18(14-20)6-5-13-36-23/h5-16,24H,1-4H3,(H2,35,41)(H,37,42)(H2,38,39,40)/t16-,24-/m0/s1. The second kappa shape index (κ2) is 12.1. The molecule has 4 aromatic rings. The van der Waals surface area contributed by atoms with Gasteiger partial charge in [-0.2, -0.15) is 13.2 Å². The molecule has 0 aliphatic rings. The van der Waals surface area contributed by atoms with E-state index in [1.165, 1.54) is 12.1 Å². The Hall–Kier alpha value is -4.94. The van der Waals surface area contributed by atoms with Crippen molar-refractivity contribution in [3.05, 3.63) is 89.4 Å². The maximum absolute atomic E-state index is 15.4. The fourth-order valence-electron chi connectivity index (χ4n) is 4.26. The number of rotatable bonds is 8. The third-order valence-corrected chi connectivity index (χ3v) is 6.24. The summed E-state index contributed by atoms with van der Waals surface area (Å²) >= 11 is 0. The minimum atomic E-state index is -4.57. The van der Waals surface area contributed by atoms with Crippen LogP contribution in [0.5, 0.6) is 0 Å². The average Bonchev–Trinajstić information content (AvgIpc) is 2.91. The largest absolute Gasteiger partial charge is 0.444 e. The van der Waals surface area contributed by atoms with Crippen LogP contribution in [-0.4, -0.2) is 33.6 Å².